The Balaban J connectivity index is 1.35. The fourth-order valence-electron chi connectivity index (χ4n) is 3.59. The van der Waals surface area contributed by atoms with Crippen LogP contribution in [0, 0.1) is 0 Å². The van der Waals surface area contributed by atoms with E-state index in [1.165, 1.54) is 5.06 Å². The summed E-state index contributed by atoms with van der Waals surface area (Å²) in [7, 11) is 0. The lowest BCUT2D eigenvalue weighted by Gasteiger charge is -2.28. The van der Waals surface area contributed by atoms with Crippen LogP contribution in [0.15, 0.2) is 60.7 Å². The molecule has 2 aliphatic heterocycles. The monoisotopic (exact) mass is 366 g/mol. The third kappa shape index (κ3) is 3.80. The SMILES string of the molecule is O=C(OCc1ccccc1)[C@H]1CC[C@@H]2CN1C(=O)N2OCc1ccccc1. The molecule has 0 spiro atoms. The number of carbonyl (C=O) groups is 2. The lowest BCUT2D eigenvalue weighted by molar-refractivity contribution is -0.151. The first-order valence-corrected chi connectivity index (χ1v) is 9.19. The smallest absolute Gasteiger partial charge is 0.345 e. The van der Waals surface area contributed by atoms with Crippen LogP contribution in [0.4, 0.5) is 4.79 Å². The highest BCUT2D eigenvalue weighted by atomic mass is 16.7. The van der Waals surface area contributed by atoms with E-state index in [1.54, 1.807) is 4.90 Å². The van der Waals surface area contributed by atoms with Crippen LogP contribution in [0.25, 0.3) is 0 Å². The van der Waals surface area contributed by atoms with Crippen LogP contribution in [0.1, 0.15) is 24.0 Å². The van der Waals surface area contributed by atoms with E-state index in [1.807, 2.05) is 60.7 Å². The van der Waals surface area contributed by atoms with Crippen LogP contribution in [0.5, 0.6) is 0 Å². The van der Waals surface area contributed by atoms with Crippen molar-refractivity contribution < 1.29 is 19.2 Å². The maximum absolute atomic E-state index is 12.7. The molecule has 4 rings (SSSR count). The lowest BCUT2D eigenvalue weighted by Crippen LogP contribution is -2.45. The van der Waals surface area contributed by atoms with Gasteiger partial charge in [0.1, 0.15) is 19.3 Å². The summed E-state index contributed by atoms with van der Waals surface area (Å²) in [6.45, 7) is 1.05. The van der Waals surface area contributed by atoms with Gasteiger partial charge in [-0.1, -0.05) is 60.7 Å². The molecule has 2 saturated heterocycles. The molecule has 0 aromatic heterocycles. The molecule has 0 aliphatic carbocycles. The highest BCUT2D eigenvalue weighted by Gasteiger charge is 2.48. The van der Waals surface area contributed by atoms with Gasteiger partial charge in [-0.25, -0.2) is 9.59 Å². The average molecular weight is 366 g/mol. The minimum atomic E-state index is -0.539. The van der Waals surface area contributed by atoms with Gasteiger partial charge in [0.25, 0.3) is 0 Å². The number of urea groups is 1. The molecule has 6 heteroatoms. The van der Waals surface area contributed by atoms with Gasteiger partial charge in [0, 0.05) is 6.54 Å². The first-order valence-electron chi connectivity index (χ1n) is 9.19. The van der Waals surface area contributed by atoms with Crippen molar-refractivity contribution in [2.75, 3.05) is 6.54 Å². The van der Waals surface area contributed by atoms with Gasteiger partial charge in [0.2, 0.25) is 0 Å². The average Bonchev–Trinajstić information content (AvgIpc) is 2.96. The molecule has 27 heavy (non-hydrogen) atoms. The Morgan fingerprint density at radius 1 is 0.926 bits per heavy atom. The molecule has 2 atom stereocenters. The summed E-state index contributed by atoms with van der Waals surface area (Å²) in [5, 5.41) is 1.43. The highest BCUT2D eigenvalue weighted by molar-refractivity contribution is 5.85. The van der Waals surface area contributed by atoms with Crippen LogP contribution >= 0.6 is 0 Å². The van der Waals surface area contributed by atoms with E-state index in [9.17, 15) is 9.59 Å². The number of hydroxylamine groups is 2. The van der Waals surface area contributed by atoms with Crippen LogP contribution in [0.2, 0.25) is 0 Å². The van der Waals surface area contributed by atoms with E-state index < -0.39 is 6.04 Å². The summed E-state index contributed by atoms with van der Waals surface area (Å²) in [5.74, 6) is -0.351. The van der Waals surface area contributed by atoms with Crippen molar-refractivity contribution in [1.29, 1.82) is 0 Å². The summed E-state index contributed by atoms with van der Waals surface area (Å²) >= 11 is 0. The predicted octanol–water partition coefficient (Wildman–Crippen LogP) is 3.13. The molecule has 2 heterocycles. The number of nitrogens with zero attached hydrogens (tertiary/aromatic N) is 2. The van der Waals surface area contributed by atoms with Gasteiger partial charge in [-0.2, -0.15) is 5.06 Å². The van der Waals surface area contributed by atoms with Crippen molar-refractivity contribution in [1.82, 2.24) is 9.96 Å². The molecule has 140 valence electrons. The molecule has 2 bridgehead atoms. The third-order valence-electron chi connectivity index (χ3n) is 5.03. The number of hydrogen-bond donors (Lipinski definition) is 0. The summed E-state index contributed by atoms with van der Waals surface area (Å²) in [5.41, 5.74) is 1.93. The number of piperidine rings is 1. The number of fused-ring (bicyclic) bond motifs is 2. The minimum Gasteiger partial charge on any atom is -0.459 e. The van der Waals surface area contributed by atoms with Crippen LogP contribution < -0.4 is 0 Å². The Kier molecular flexibility index (Phi) is 5.07. The molecule has 2 fully saturated rings. The zero-order valence-electron chi connectivity index (χ0n) is 15.0. The van der Waals surface area contributed by atoms with E-state index in [2.05, 4.69) is 0 Å². The van der Waals surface area contributed by atoms with Crippen LogP contribution in [-0.2, 0) is 27.6 Å². The number of benzene rings is 2. The van der Waals surface area contributed by atoms with Gasteiger partial charge >= 0.3 is 12.0 Å². The van der Waals surface area contributed by atoms with Crippen molar-refractivity contribution >= 4 is 12.0 Å². The van der Waals surface area contributed by atoms with Crippen molar-refractivity contribution in [3.05, 3.63) is 71.8 Å². The second-order valence-corrected chi connectivity index (χ2v) is 6.86. The fourth-order valence-corrected chi connectivity index (χ4v) is 3.59. The highest BCUT2D eigenvalue weighted by Crippen LogP contribution is 2.31. The van der Waals surface area contributed by atoms with E-state index in [4.69, 9.17) is 9.57 Å². The summed E-state index contributed by atoms with van der Waals surface area (Å²) in [6.07, 6.45) is 1.32. The molecule has 0 N–H and O–H groups in total. The first kappa shape index (κ1) is 17.5. The predicted molar refractivity (Wildman–Crippen MR) is 98.2 cm³/mol. The fraction of sp³-hybridized carbons (Fsp3) is 0.333. The summed E-state index contributed by atoms with van der Waals surface area (Å²) < 4.78 is 5.44. The minimum absolute atomic E-state index is 0.0145. The van der Waals surface area contributed by atoms with E-state index >= 15 is 0 Å². The van der Waals surface area contributed by atoms with Crippen molar-refractivity contribution in [2.24, 2.45) is 0 Å². The topological polar surface area (TPSA) is 59.1 Å². The number of hydrogen-bond acceptors (Lipinski definition) is 4. The summed E-state index contributed by atoms with van der Waals surface area (Å²) in [4.78, 5) is 32.6. The first-order chi connectivity index (χ1) is 13.2. The molecule has 0 unspecified atom stereocenters. The number of rotatable bonds is 6. The van der Waals surface area contributed by atoms with Crippen molar-refractivity contribution in [3.8, 4) is 0 Å². The molecule has 2 amide bonds. The molecule has 6 nitrogen and oxygen atoms in total. The molecule has 2 aliphatic rings. The number of esters is 1. The Hall–Kier alpha value is -2.86. The lowest BCUT2D eigenvalue weighted by atomic mass is 10.0. The van der Waals surface area contributed by atoms with Gasteiger partial charge in [0.15, 0.2) is 0 Å². The Bertz CT molecular complexity index is 796. The molecular weight excluding hydrogens is 344 g/mol. The van der Waals surface area contributed by atoms with Crippen molar-refractivity contribution in [3.63, 3.8) is 0 Å². The van der Waals surface area contributed by atoms with Crippen LogP contribution in [0.3, 0.4) is 0 Å². The van der Waals surface area contributed by atoms with E-state index in [0.717, 1.165) is 17.5 Å². The Morgan fingerprint density at radius 2 is 1.56 bits per heavy atom. The molecule has 0 saturated carbocycles. The van der Waals surface area contributed by atoms with Gasteiger partial charge in [-0.15, -0.1) is 0 Å². The second kappa shape index (κ2) is 7.80. The molecule has 2 aromatic carbocycles. The van der Waals surface area contributed by atoms with Gasteiger partial charge < -0.3 is 9.64 Å². The molecule has 0 radical (unpaired) electrons. The van der Waals surface area contributed by atoms with E-state index in [0.29, 0.717) is 19.6 Å². The number of ether oxygens (including phenoxy) is 1. The second-order valence-electron chi connectivity index (χ2n) is 6.86. The Labute approximate surface area is 158 Å². The Morgan fingerprint density at radius 3 is 2.22 bits per heavy atom. The van der Waals surface area contributed by atoms with E-state index in [-0.39, 0.29) is 24.6 Å². The van der Waals surface area contributed by atoms with Gasteiger partial charge in [-0.3, -0.25) is 4.84 Å². The van der Waals surface area contributed by atoms with Gasteiger partial charge in [0.05, 0.1) is 6.04 Å². The largest absolute Gasteiger partial charge is 0.459 e. The normalized spacial score (nSPS) is 21.4. The van der Waals surface area contributed by atoms with Gasteiger partial charge in [-0.05, 0) is 24.0 Å². The number of amides is 2. The maximum Gasteiger partial charge on any atom is 0.345 e. The molecule has 2 aromatic rings. The molecular formula is C21H22N2O4. The number of carbonyl (C=O) groups excluding carboxylic acids is 2. The van der Waals surface area contributed by atoms with Crippen LogP contribution in [-0.4, -0.2) is 40.6 Å². The quantitative estimate of drug-likeness (QED) is 0.737. The maximum atomic E-state index is 12.7. The standard InChI is InChI=1S/C21H22N2O4/c24-20(26-14-16-7-3-1-4-8-16)19-12-11-18-13-22(19)21(25)23(18)27-15-17-9-5-2-6-10-17/h1-10,18-19H,11-15H2/t18-,19-/m1/s1. The summed E-state index contributed by atoms with van der Waals surface area (Å²) in [6, 6.07) is 18.4. The van der Waals surface area contributed by atoms with Crippen molar-refractivity contribution in [2.45, 2.75) is 38.1 Å². The third-order valence-corrected chi connectivity index (χ3v) is 5.03. The zero-order chi connectivity index (χ0) is 18.6. The zero-order valence-corrected chi connectivity index (χ0v) is 15.0.